The van der Waals surface area contributed by atoms with E-state index in [1.165, 1.54) is 12.1 Å². The van der Waals surface area contributed by atoms with Gasteiger partial charge in [0.2, 0.25) is 0 Å². The van der Waals surface area contributed by atoms with Crippen LogP contribution < -0.4 is 5.32 Å². The molecule has 104 valence electrons. The van der Waals surface area contributed by atoms with Gasteiger partial charge in [-0.25, -0.2) is 0 Å². The Morgan fingerprint density at radius 2 is 2.21 bits per heavy atom. The molecule has 0 radical (unpaired) electrons. The molecule has 0 aromatic heterocycles. The van der Waals surface area contributed by atoms with Gasteiger partial charge in [0.15, 0.2) is 0 Å². The third kappa shape index (κ3) is 5.83. The molecule has 0 heterocycles. The minimum atomic E-state index is -0.891. The number of nitro groups is 1. The van der Waals surface area contributed by atoms with Gasteiger partial charge in [-0.3, -0.25) is 14.9 Å². The van der Waals surface area contributed by atoms with Crippen LogP contribution in [0, 0.1) is 13.7 Å². The maximum atomic E-state index is 10.6. The van der Waals surface area contributed by atoms with Crippen LogP contribution in [-0.2, 0) is 9.53 Å². The number of anilines is 1. The minimum absolute atomic E-state index is 0.0188. The molecule has 0 aliphatic rings. The lowest BCUT2D eigenvalue weighted by molar-refractivity contribution is -0.384. The Hall–Kier alpha value is -1.42. The van der Waals surface area contributed by atoms with Crippen LogP contribution >= 0.6 is 22.6 Å². The lowest BCUT2D eigenvalue weighted by Gasteiger charge is -2.08. The Bertz CT molecular complexity index is 466. The highest BCUT2D eigenvalue weighted by Crippen LogP contribution is 2.23. The molecule has 0 saturated carbocycles. The van der Waals surface area contributed by atoms with Gasteiger partial charge in [-0.1, -0.05) is 0 Å². The number of nitrogens with one attached hydrogen (secondary N) is 1. The highest BCUT2D eigenvalue weighted by Gasteiger charge is 2.08. The third-order valence-electron chi connectivity index (χ3n) is 2.19. The number of non-ortho nitro benzene ring substituents is 1. The number of carboxylic acid groups (broad SMARTS) is 1. The molecular formula is C11H13IN2O5. The average molecular weight is 380 g/mol. The van der Waals surface area contributed by atoms with E-state index in [9.17, 15) is 14.9 Å². The van der Waals surface area contributed by atoms with Crippen molar-refractivity contribution in [3.8, 4) is 0 Å². The van der Waals surface area contributed by atoms with Gasteiger partial charge in [-0.05, 0) is 28.7 Å². The summed E-state index contributed by atoms with van der Waals surface area (Å²) in [6.07, 6.45) is -0.0188. The van der Waals surface area contributed by atoms with Gasteiger partial charge in [0.25, 0.3) is 5.69 Å². The van der Waals surface area contributed by atoms with E-state index in [1.54, 1.807) is 6.07 Å². The van der Waals surface area contributed by atoms with Crippen molar-refractivity contribution >= 4 is 39.9 Å². The number of halogens is 1. The van der Waals surface area contributed by atoms with Gasteiger partial charge >= 0.3 is 5.97 Å². The molecule has 1 aromatic rings. The summed E-state index contributed by atoms with van der Waals surface area (Å²) in [5.41, 5.74) is 0.834. The first kappa shape index (κ1) is 15.6. The monoisotopic (exact) mass is 380 g/mol. The van der Waals surface area contributed by atoms with Crippen molar-refractivity contribution in [1.82, 2.24) is 0 Å². The van der Waals surface area contributed by atoms with Gasteiger partial charge in [-0.2, -0.15) is 0 Å². The summed E-state index contributed by atoms with van der Waals surface area (Å²) in [6.45, 7) is 1.06. The average Bonchev–Trinajstić information content (AvgIpc) is 2.34. The number of aliphatic carboxylic acids is 1. The quantitative estimate of drug-likeness (QED) is 0.310. The summed E-state index contributed by atoms with van der Waals surface area (Å²) in [6, 6.07) is 4.54. The standard InChI is InChI=1S/C11H13IN2O5/c12-9-7-8(14(17)18)1-2-10(9)13-4-6-19-5-3-11(15)16/h1-2,7,13H,3-6H2,(H,15,16). The van der Waals surface area contributed by atoms with Gasteiger partial charge in [0, 0.05) is 27.9 Å². The van der Waals surface area contributed by atoms with E-state index in [-0.39, 0.29) is 18.7 Å². The van der Waals surface area contributed by atoms with Crippen molar-refractivity contribution in [3.05, 3.63) is 31.9 Å². The topological polar surface area (TPSA) is 102 Å². The zero-order chi connectivity index (χ0) is 14.3. The summed E-state index contributed by atoms with van der Waals surface area (Å²) >= 11 is 2.01. The Morgan fingerprint density at radius 3 is 2.79 bits per heavy atom. The first-order chi connectivity index (χ1) is 9.00. The summed E-state index contributed by atoms with van der Waals surface area (Å²) in [5.74, 6) is -0.891. The Balaban J connectivity index is 2.33. The van der Waals surface area contributed by atoms with Gasteiger partial charge in [-0.15, -0.1) is 0 Å². The van der Waals surface area contributed by atoms with Crippen molar-refractivity contribution in [1.29, 1.82) is 0 Å². The molecule has 1 rings (SSSR count). The number of ether oxygens (including phenoxy) is 1. The first-order valence-electron chi connectivity index (χ1n) is 5.48. The Labute approximate surface area is 123 Å². The van der Waals surface area contributed by atoms with Crippen LogP contribution in [0.25, 0.3) is 0 Å². The van der Waals surface area contributed by atoms with Crippen LogP contribution in [0.1, 0.15) is 6.42 Å². The van der Waals surface area contributed by atoms with Crippen LogP contribution in [0.15, 0.2) is 18.2 Å². The number of benzene rings is 1. The normalized spacial score (nSPS) is 10.2. The molecule has 19 heavy (non-hydrogen) atoms. The second-order valence-corrected chi connectivity index (χ2v) is 4.77. The lowest BCUT2D eigenvalue weighted by Crippen LogP contribution is -2.12. The van der Waals surface area contributed by atoms with Crippen molar-refractivity contribution in [2.24, 2.45) is 0 Å². The fraction of sp³-hybridized carbons (Fsp3) is 0.364. The number of hydrogen-bond acceptors (Lipinski definition) is 5. The second kappa shape index (κ2) is 7.89. The highest BCUT2D eigenvalue weighted by atomic mass is 127. The molecule has 2 N–H and O–H groups in total. The summed E-state index contributed by atoms with van der Waals surface area (Å²) in [4.78, 5) is 20.4. The molecule has 0 unspecified atom stereocenters. The van der Waals surface area contributed by atoms with Crippen molar-refractivity contribution in [2.45, 2.75) is 6.42 Å². The number of nitrogens with zero attached hydrogens (tertiary/aromatic N) is 1. The molecule has 0 aliphatic carbocycles. The Kier molecular flexibility index (Phi) is 6.50. The summed E-state index contributed by atoms with van der Waals surface area (Å²) in [5, 5.41) is 22.0. The molecular weight excluding hydrogens is 367 g/mol. The zero-order valence-corrected chi connectivity index (χ0v) is 12.1. The van der Waals surface area contributed by atoms with Crippen LogP contribution in [0.4, 0.5) is 11.4 Å². The van der Waals surface area contributed by atoms with E-state index in [2.05, 4.69) is 5.32 Å². The number of carboxylic acids is 1. The van der Waals surface area contributed by atoms with Crippen molar-refractivity contribution in [2.75, 3.05) is 25.1 Å². The third-order valence-corrected chi connectivity index (χ3v) is 3.08. The van der Waals surface area contributed by atoms with Crippen LogP contribution in [0.3, 0.4) is 0 Å². The maximum absolute atomic E-state index is 10.6. The number of hydrogen-bond donors (Lipinski definition) is 2. The lowest BCUT2D eigenvalue weighted by atomic mass is 10.3. The molecule has 0 saturated heterocycles. The zero-order valence-electron chi connectivity index (χ0n) is 9.97. The SMILES string of the molecule is O=C(O)CCOCCNc1ccc([N+](=O)[O-])cc1I. The summed E-state index contributed by atoms with van der Waals surface area (Å²) < 4.78 is 5.86. The predicted octanol–water partition coefficient (Wildman–Crippen LogP) is 2.10. The van der Waals surface area contributed by atoms with Crippen LogP contribution in [-0.4, -0.2) is 35.8 Å². The molecule has 8 heteroatoms. The van der Waals surface area contributed by atoms with E-state index in [0.29, 0.717) is 13.2 Å². The van der Waals surface area contributed by atoms with E-state index >= 15 is 0 Å². The second-order valence-electron chi connectivity index (χ2n) is 3.60. The fourth-order valence-electron chi connectivity index (χ4n) is 1.28. The van der Waals surface area contributed by atoms with Gasteiger partial charge in [0.1, 0.15) is 0 Å². The number of nitro benzene ring substituents is 1. The van der Waals surface area contributed by atoms with Crippen molar-refractivity contribution in [3.63, 3.8) is 0 Å². The maximum Gasteiger partial charge on any atom is 0.305 e. The van der Waals surface area contributed by atoms with E-state index in [0.717, 1.165) is 9.26 Å². The van der Waals surface area contributed by atoms with E-state index < -0.39 is 10.9 Å². The van der Waals surface area contributed by atoms with Gasteiger partial charge in [0.05, 0.1) is 24.6 Å². The smallest absolute Gasteiger partial charge is 0.305 e. The molecule has 7 nitrogen and oxygen atoms in total. The summed E-state index contributed by atoms with van der Waals surface area (Å²) in [7, 11) is 0. The van der Waals surface area contributed by atoms with E-state index in [4.69, 9.17) is 9.84 Å². The Morgan fingerprint density at radius 1 is 1.47 bits per heavy atom. The molecule has 0 bridgehead atoms. The molecule has 0 aliphatic heterocycles. The molecule has 0 fully saturated rings. The number of rotatable bonds is 8. The van der Waals surface area contributed by atoms with Gasteiger partial charge < -0.3 is 15.2 Å². The molecule has 0 atom stereocenters. The first-order valence-corrected chi connectivity index (χ1v) is 6.56. The van der Waals surface area contributed by atoms with Crippen LogP contribution in [0.2, 0.25) is 0 Å². The molecule has 1 aromatic carbocycles. The minimum Gasteiger partial charge on any atom is -0.481 e. The highest BCUT2D eigenvalue weighted by molar-refractivity contribution is 14.1. The fourth-order valence-corrected chi connectivity index (χ4v) is 1.97. The van der Waals surface area contributed by atoms with Crippen molar-refractivity contribution < 1.29 is 19.6 Å². The number of carbonyl (C=O) groups is 1. The predicted molar refractivity (Wildman–Crippen MR) is 77.4 cm³/mol. The van der Waals surface area contributed by atoms with Crippen LogP contribution in [0.5, 0.6) is 0 Å². The molecule has 0 amide bonds. The largest absolute Gasteiger partial charge is 0.481 e. The van der Waals surface area contributed by atoms with E-state index in [1.807, 2.05) is 22.6 Å². The molecule has 0 spiro atoms.